The minimum Gasteiger partial charge on any atom is -0.325 e. The molecule has 2 aromatic carbocycles. The number of hydrogen-bond acceptors (Lipinski definition) is 5. The van der Waals surface area contributed by atoms with Crippen LogP contribution in [0.5, 0.6) is 0 Å². The second-order valence-electron chi connectivity index (χ2n) is 6.83. The summed E-state index contributed by atoms with van der Waals surface area (Å²) in [6.45, 7) is 1.67. The van der Waals surface area contributed by atoms with E-state index in [2.05, 4.69) is 10.6 Å². The van der Waals surface area contributed by atoms with Crippen molar-refractivity contribution < 1.29 is 31.2 Å². The standard InChI is InChI=1S/C20H22F3N3O4S/c1-3-9-26(12-18(28)25-16-8-7-15(21)19(22)20(16)23)11-17(27)24-13-5-4-6-14(10-13)31(2,29)30/h4-8,10H,3,9,11-12H2,1-2H3,(H,24,27)(H,25,28). The van der Waals surface area contributed by atoms with Gasteiger partial charge in [-0.3, -0.25) is 14.5 Å². The first-order valence-corrected chi connectivity index (χ1v) is 11.2. The van der Waals surface area contributed by atoms with E-state index in [0.29, 0.717) is 19.0 Å². The van der Waals surface area contributed by atoms with Crippen molar-refractivity contribution in [3.63, 3.8) is 0 Å². The fourth-order valence-corrected chi connectivity index (χ4v) is 3.42. The summed E-state index contributed by atoms with van der Waals surface area (Å²) in [7, 11) is -3.44. The van der Waals surface area contributed by atoms with Gasteiger partial charge in [0.1, 0.15) is 0 Å². The van der Waals surface area contributed by atoms with E-state index in [9.17, 15) is 31.2 Å². The molecule has 2 amide bonds. The average molecular weight is 457 g/mol. The van der Waals surface area contributed by atoms with Crippen molar-refractivity contribution in [2.45, 2.75) is 18.2 Å². The van der Waals surface area contributed by atoms with E-state index < -0.39 is 44.8 Å². The highest BCUT2D eigenvalue weighted by Gasteiger charge is 2.18. The molecule has 2 aromatic rings. The molecule has 0 aliphatic rings. The summed E-state index contributed by atoms with van der Waals surface area (Å²) in [5.41, 5.74) is -0.236. The number of halogens is 3. The Kier molecular flexibility index (Phi) is 8.17. The Morgan fingerprint density at radius 2 is 1.61 bits per heavy atom. The zero-order chi connectivity index (χ0) is 23.2. The largest absolute Gasteiger partial charge is 0.325 e. The number of nitrogens with zero attached hydrogens (tertiary/aromatic N) is 1. The van der Waals surface area contributed by atoms with Crippen molar-refractivity contribution in [2.75, 3.05) is 36.5 Å². The molecule has 0 aliphatic carbocycles. The molecule has 0 radical (unpaired) electrons. The van der Waals surface area contributed by atoms with E-state index in [1.54, 1.807) is 0 Å². The molecule has 0 spiro atoms. The quantitative estimate of drug-likeness (QED) is 0.565. The van der Waals surface area contributed by atoms with Gasteiger partial charge in [0.2, 0.25) is 11.8 Å². The summed E-state index contributed by atoms with van der Waals surface area (Å²) >= 11 is 0. The van der Waals surface area contributed by atoms with Gasteiger partial charge in [0.25, 0.3) is 0 Å². The molecule has 168 valence electrons. The number of carbonyl (C=O) groups excluding carboxylic acids is 2. The van der Waals surface area contributed by atoms with Crippen LogP contribution in [0.2, 0.25) is 0 Å². The van der Waals surface area contributed by atoms with Gasteiger partial charge in [0.15, 0.2) is 27.3 Å². The first kappa shape index (κ1) is 24.4. The molecule has 2 N–H and O–H groups in total. The molecule has 0 unspecified atom stereocenters. The van der Waals surface area contributed by atoms with Crippen LogP contribution in [0.15, 0.2) is 41.3 Å². The van der Waals surface area contributed by atoms with E-state index in [1.165, 1.54) is 29.2 Å². The van der Waals surface area contributed by atoms with Crippen LogP contribution in [0, 0.1) is 17.5 Å². The zero-order valence-electron chi connectivity index (χ0n) is 16.9. The Morgan fingerprint density at radius 1 is 0.968 bits per heavy atom. The number of amides is 2. The van der Waals surface area contributed by atoms with Crippen LogP contribution in [0.4, 0.5) is 24.5 Å². The van der Waals surface area contributed by atoms with Crippen molar-refractivity contribution in [1.29, 1.82) is 0 Å². The lowest BCUT2D eigenvalue weighted by atomic mass is 10.2. The Balaban J connectivity index is 2.01. The van der Waals surface area contributed by atoms with E-state index >= 15 is 0 Å². The van der Waals surface area contributed by atoms with Crippen molar-refractivity contribution in [3.8, 4) is 0 Å². The van der Waals surface area contributed by atoms with Crippen LogP contribution in [0.3, 0.4) is 0 Å². The highest BCUT2D eigenvalue weighted by atomic mass is 32.2. The maximum atomic E-state index is 13.7. The number of carbonyl (C=O) groups is 2. The molecule has 11 heteroatoms. The van der Waals surface area contributed by atoms with Gasteiger partial charge in [-0.1, -0.05) is 13.0 Å². The lowest BCUT2D eigenvalue weighted by Gasteiger charge is -2.21. The summed E-state index contributed by atoms with van der Waals surface area (Å²) < 4.78 is 63.3. The van der Waals surface area contributed by atoms with Gasteiger partial charge in [0.05, 0.1) is 23.7 Å². The summed E-state index contributed by atoms with van der Waals surface area (Å²) in [6, 6.07) is 7.31. The molecule has 0 aliphatic heterocycles. The Morgan fingerprint density at radius 3 is 2.23 bits per heavy atom. The summed E-state index contributed by atoms with van der Waals surface area (Å²) in [4.78, 5) is 26.1. The third-order valence-electron chi connectivity index (χ3n) is 4.13. The van der Waals surface area contributed by atoms with Crippen molar-refractivity contribution in [1.82, 2.24) is 4.90 Å². The molecule has 0 bridgehead atoms. The fraction of sp³-hybridized carbons (Fsp3) is 0.300. The summed E-state index contributed by atoms with van der Waals surface area (Å²) in [6.07, 6.45) is 1.65. The minimum absolute atomic E-state index is 0.0450. The van der Waals surface area contributed by atoms with E-state index in [1.807, 2.05) is 6.92 Å². The van der Waals surface area contributed by atoms with Crippen LogP contribution >= 0.6 is 0 Å². The predicted octanol–water partition coefficient (Wildman–Crippen LogP) is 2.80. The second-order valence-corrected chi connectivity index (χ2v) is 8.85. The molecule has 0 atom stereocenters. The third kappa shape index (κ3) is 7.07. The highest BCUT2D eigenvalue weighted by molar-refractivity contribution is 7.90. The van der Waals surface area contributed by atoms with E-state index in [-0.39, 0.29) is 23.7 Å². The highest BCUT2D eigenvalue weighted by Crippen LogP contribution is 2.19. The summed E-state index contributed by atoms with van der Waals surface area (Å²) in [5.74, 6) is -5.80. The van der Waals surface area contributed by atoms with Gasteiger partial charge in [-0.25, -0.2) is 21.6 Å². The zero-order valence-corrected chi connectivity index (χ0v) is 17.7. The molecular formula is C20H22F3N3O4S. The normalized spacial score (nSPS) is 11.4. The Bertz CT molecular complexity index is 1080. The van der Waals surface area contributed by atoms with Crippen LogP contribution < -0.4 is 10.6 Å². The maximum absolute atomic E-state index is 13.7. The number of nitrogens with one attached hydrogen (secondary N) is 2. The number of benzene rings is 2. The monoisotopic (exact) mass is 457 g/mol. The van der Waals surface area contributed by atoms with E-state index in [0.717, 1.165) is 12.3 Å². The first-order chi connectivity index (χ1) is 14.5. The topological polar surface area (TPSA) is 95.6 Å². The van der Waals surface area contributed by atoms with Gasteiger partial charge in [-0.2, -0.15) is 0 Å². The molecule has 31 heavy (non-hydrogen) atoms. The van der Waals surface area contributed by atoms with Gasteiger partial charge >= 0.3 is 0 Å². The lowest BCUT2D eigenvalue weighted by Crippen LogP contribution is -2.39. The second kappa shape index (κ2) is 10.4. The molecule has 0 heterocycles. The molecule has 2 rings (SSSR count). The van der Waals surface area contributed by atoms with Gasteiger partial charge in [-0.15, -0.1) is 0 Å². The maximum Gasteiger partial charge on any atom is 0.238 e. The molecule has 7 nitrogen and oxygen atoms in total. The van der Waals surface area contributed by atoms with Crippen molar-refractivity contribution in [2.24, 2.45) is 0 Å². The molecule has 0 aromatic heterocycles. The van der Waals surface area contributed by atoms with Gasteiger partial charge in [0, 0.05) is 11.9 Å². The lowest BCUT2D eigenvalue weighted by molar-refractivity contribution is -0.120. The first-order valence-electron chi connectivity index (χ1n) is 9.27. The number of rotatable bonds is 9. The third-order valence-corrected chi connectivity index (χ3v) is 5.24. The molecule has 0 saturated carbocycles. The SMILES string of the molecule is CCCN(CC(=O)Nc1cccc(S(C)(=O)=O)c1)CC(=O)Nc1ccc(F)c(F)c1F. The summed E-state index contributed by atoms with van der Waals surface area (Å²) in [5, 5.41) is 4.71. The predicted molar refractivity (Wildman–Crippen MR) is 110 cm³/mol. The molecule has 0 saturated heterocycles. The van der Waals surface area contributed by atoms with Crippen molar-refractivity contribution >= 4 is 33.0 Å². The Hall–Kier alpha value is -2.92. The number of anilines is 2. The molecular weight excluding hydrogens is 435 g/mol. The molecule has 0 fully saturated rings. The van der Waals surface area contributed by atoms with Gasteiger partial charge < -0.3 is 10.6 Å². The van der Waals surface area contributed by atoms with Crippen molar-refractivity contribution in [3.05, 3.63) is 53.8 Å². The fourth-order valence-electron chi connectivity index (χ4n) is 2.75. The van der Waals surface area contributed by atoms with Crippen LogP contribution in [-0.4, -0.2) is 51.0 Å². The van der Waals surface area contributed by atoms with Crippen LogP contribution in [0.1, 0.15) is 13.3 Å². The minimum atomic E-state index is -3.44. The number of sulfone groups is 1. The van der Waals surface area contributed by atoms with Crippen LogP contribution in [-0.2, 0) is 19.4 Å². The smallest absolute Gasteiger partial charge is 0.238 e. The van der Waals surface area contributed by atoms with Gasteiger partial charge in [-0.05, 0) is 43.3 Å². The Labute approximate surface area is 178 Å². The van der Waals surface area contributed by atoms with E-state index in [4.69, 9.17) is 0 Å². The number of hydrogen-bond donors (Lipinski definition) is 2. The van der Waals surface area contributed by atoms with Crippen LogP contribution in [0.25, 0.3) is 0 Å². The average Bonchev–Trinajstić information content (AvgIpc) is 2.68.